The average Bonchev–Trinajstić information content (AvgIpc) is 3.12. The number of hydrogen-bond donors (Lipinski definition) is 1. The van der Waals surface area contributed by atoms with Crippen molar-refractivity contribution in [2.75, 3.05) is 6.61 Å². The Balaban J connectivity index is 2.17. The molecule has 2 heteroatoms. The monoisotopic (exact) mass is 220 g/mol. The van der Waals surface area contributed by atoms with Gasteiger partial charge in [0.05, 0.1) is 12.7 Å². The van der Waals surface area contributed by atoms with Crippen LogP contribution in [0.25, 0.3) is 0 Å². The van der Waals surface area contributed by atoms with Crippen molar-refractivity contribution in [3.8, 4) is 5.75 Å². The molecule has 88 valence electrons. The normalized spacial score (nSPS) is 19.2. The quantitative estimate of drug-likeness (QED) is 0.826. The van der Waals surface area contributed by atoms with Crippen molar-refractivity contribution < 1.29 is 9.84 Å². The molecule has 0 spiro atoms. The number of hydrogen-bond acceptors (Lipinski definition) is 2. The molecule has 2 rings (SSSR count). The number of para-hydroxylation sites is 1. The van der Waals surface area contributed by atoms with Crippen molar-refractivity contribution in [3.05, 3.63) is 29.8 Å². The van der Waals surface area contributed by atoms with E-state index in [0.717, 1.165) is 11.3 Å². The van der Waals surface area contributed by atoms with Crippen molar-refractivity contribution in [2.45, 2.75) is 32.8 Å². The van der Waals surface area contributed by atoms with E-state index in [9.17, 15) is 5.11 Å². The third-order valence-corrected chi connectivity index (χ3v) is 3.40. The van der Waals surface area contributed by atoms with Gasteiger partial charge < -0.3 is 9.84 Å². The van der Waals surface area contributed by atoms with Gasteiger partial charge in [-0.05, 0) is 37.7 Å². The summed E-state index contributed by atoms with van der Waals surface area (Å²) >= 11 is 0. The Hall–Kier alpha value is -1.02. The molecule has 1 aromatic rings. The molecular weight excluding hydrogens is 200 g/mol. The van der Waals surface area contributed by atoms with Gasteiger partial charge in [-0.25, -0.2) is 0 Å². The molecule has 0 saturated heterocycles. The zero-order chi connectivity index (χ0) is 11.5. The molecule has 0 aromatic heterocycles. The summed E-state index contributed by atoms with van der Waals surface area (Å²) in [6.45, 7) is 4.74. The van der Waals surface area contributed by atoms with Crippen LogP contribution in [0.15, 0.2) is 24.3 Å². The topological polar surface area (TPSA) is 29.5 Å². The number of aliphatic hydroxyl groups is 1. The van der Waals surface area contributed by atoms with Crippen LogP contribution in [0, 0.1) is 11.8 Å². The lowest BCUT2D eigenvalue weighted by Gasteiger charge is -2.21. The zero-order valence-electron chi connectivity index (χ0n) is 10.0. The molecule has 1 aromatic carbocycles. The van der Waals surface area contributed by atoms with Crippen LogP contribution in [-0.4, -0.2) is 11.7 Å². The fourth-order valence-electron chi connectivity index (χ4n) is 2.17. The molecular formula is C14H20O2. The first-order valence-corrected chi connectivity index (χ1v) is 6.13. The maximum atomic E-state index is 10.3. The van der Waals surface area contributed by atoms with Crippen molar-refractivity contribution >= 4 is 0 Å². The SMILES string of the molecule is CCOc1ccccc1C(O)C(C)C1CC1. The van der Waals surface area contributed by atoms with E-state index in [4.69, 9.17) is 4.74 Å². The number of aliphatic hydroxyl groups excluding tert-OH is 1. The van der Waals surface area contributed by atoms with Crippen LogP contribution in [0.5, 0.6) is 5.75 Å². The van der Waals surface area contributed by atoms with Crippen LogP contribution >= 0.6 is 0 Å². The van der Waals surface area contributed by atoms with Crippen LogP contribution in [0.2, 0.25) is 0 Å². The number of benzene rings is 1. The van der Waals surface area contributed by atoms with E-state index in [1.54, 1.807) is 0 Å². The van der Waals surface area contributed by atoms with Crippen LogP contribution in [-0.2, 0) is 0 Å². The van der Waals surface area contributed by atoms with Gasteiger partial charge >= 0.3 is 0 Å². The molecule has 0 bridgehead atoms. The second-order valence-corrected chi connectivity index (χ2v) is 4.61. The summed E-state index contributed by atoms with van der Waals surface area (Å²) in [5, 5.41) is 10.3. The molecule has 0 radical (unpaired) electrons. The van der Waals surface area contributed by atoms with Gasteiger partial charge in [0, 0.05) is 5.56 Å². The zero-order valence-corrected chi connectivity index (χ0v) is 10.0. The first kappa shape index (κ1) is 11.5. The van der Waals surface area contributed by atoms with Crippen molar-refractivity contribution in [1.82, 2.24) is 0 Å². The minimum Gasteiger partial charge on any atom is -0.493 e. The van der Waals surface area contributed by atoms with Gasteiger partial charge in [-0.3, -0.25) is 0 Å². The first-order chi connectivity index (χ1) is 7.74. The van der Waals surface area contributed by atoms with Crippen molar-refractivity contribution in [2.24, 2.45) is 11.8 Å². The molecule has 1 N–H and O–H groups in total. The summed E-state index contributed by atoms with van der Waals surface area (Å²) in [7, 11) is 0. The molecule has 0 heterocycles. The van der Waals surface area contributed by atoms with Crippen molar-refractivity contribution in [3.63, 3.8) is 0 Å². The summed E-state index contributed by atoms with van der Waals surface area (Å²) in [6.07, 6.45) is 2.12. The van der Waals surface area contributed by atoms with Crippen LogP contribution in [0.3, 0.4) is 0 Å². The fourth-order valence-corrected chi connectivity index (χ4v) is 2.17. The van der Waals surface area contributed by atoms with Gasteiger partial charge in [-0.2, -0.15) is 0 Å². The number of ether oxygens (including phenoxy) is 1. The van der Waals surface area contributed by atoms with Gasteiger partial charge in [0.15, 0.2) is 0 Å². The predicted octanol–water partition coefficient (Wildman–Crippen LogP) is 3.16. The molecule has 2 nitrogen and oxygen atoms in total. The lowest BCUT2D eigenvalue weighted by molar-refractivity contribution is 0.102. The largest absolute Gasteiger partial charge is 0.493 e. The summed E-state index contributed by atoms with van der Waals surface area (Å²) in [5.41, 5.74) is 0.934. The summed E-state index contributed by atoms with van der Waals surface area (Å²) < 4.78 is 5.55. The second kappa shape index (κ2) is 4.88. The molecule has 1 aliphatic rings. The lowest BCUT2D eigenvalue weighted by Crippen LogP contribution is -2.12. The Morgan fingerprint density at radius 2 is 2.06 bits per heavy atom. The molecule has 0 aliphatic heterocycles. The highest BCUT2D eigenvalue weighted by molar-refractivity contribution is 5.35. The number of rotatable bonds is 5. The maximum absolute atomic E-state index is 10.3. The highest BCUT2D eigenvalue weighted by Gasteiger charge is 2.34. The molecule has 2 atom stereocenters. The van der Waals surface area contributed by atoms with Gasteiger partial charge in [-0.1, -0.05) is 25.1 Å². The van der Waals surface area contributed by atoms with Gasteiger partial charge in [0.1, 0.15) is 5.75 Å². The van der Waals surface area contributed by atoms with Gasteiger partial charge in [0.25, 0.3) is 0 Å². The van der Waals surface area contributed by atoms with E-state index >= 15 is 0 Å². The summed E-state index contributed by atoms with van der Waals surface area (Å²) in [5.74, 6) is 1.86. The van der Waals surface area contributed by atoms with Crippen LogP contribution in [0.1, 0.15) is 38.4 Å². The Labute approximate surface area is 97.3 Å². The van der Waals surface area contributed by atoms with E-state index in [1.807, 2.05) is 31.2 Å². The van der Waals surface area contributed by atoms with Gasteiger partial charge in [0.2, 0.25) is 0 Å². The molecule has 2 unspecified atom stereocenters. The highest BCUT2D eigenvalue weighted by Crippen LogP contribution is 2.44. The third-order valence-electron chi connectivity index (χ3n) is 3.40. The Morgan fingerprint density at radius 1 is 1.38 bits per heavy atom. The molecule has 1 aliphatic carbocycles. The summed E-state index contributed by atoms with van der Waals surface area (Å²) in [6, 6.07) is 7.81. The standard InChI is InChI=1S/C14H20O2/c1-3-16-13-7-5-4-6-12(13)14(15)10(2)11-8-9-11/h4-7,10-11,14-15H,3,8-9H2,1-2H3. The lowest BCUT2D eigenvalue weighted by atomic mass is 9.93. The Morgan fingerprint density at radius 3 is 2.69 bits per heavy atom. The fraction of sp³-hybridized carbons (Fsp3) is 0.571. The van der Waals surface area contributed by atoms with E-state index in [2.05, 4.69) is 6.92 Å². The smallest absolute Gasteiger partial charge is 0.125 e. The van der Waals surface area contributed by atoms with Gasteiger partial charge in [-0.15, -0.1) is 0 Å². The molecule has 1 saturated carbocycles. The van der Waals surface area contributed by atoms with E-state index in [0.29, 0.717) is 18.4 Å². The maximum Gasteiger partial charge on any atom is 0.125 e. The van der Waals surface area contributed by atoms with Crippen LogP contribution in [0.4, 0.5) is 0 Å². The molecule has 0 amide bonds. The summed E-state index contributed by atoms with van der Waals surface area (Å²) in [4.78, 5) is 0. The van der Waals surface area contributed by atoms with E-state index in [-0.39, 0.29) is 0 Å². The Kier molecular flexibility index (Phi) is 3.49. The van der Waals surface area contributed by atoms with Crippen molar-refractivity contribution in [1.29, 1.82) is 0 Å². The van der Waals surface area contributed by atoms with E-state index < -0.39 is 6.10 Å². The highest BCUT2D eigenvalue weighted by atomic mass is 16.5. The molecule has 1 fully saturated rings. The van der Waals surface area contributed by atoms with Crippen LogP contribution < -0.4 is 4.74 Å². The molecule has 16 heavy (non-hydrogen) atoms. The minimum atomic E-state index is -0.393. The second-order valence-electron chi connectivity index (χ2n) is 4.61. The van der Waals surface area contributed by atoms with E-state index in [1.165, 1.54) is 12.8 Å². The first-order valence-electron chi connectivity index (χ1n) is 6.13. The average molecular weight is 220 g/mol. The Bertz CT molecular complexity index is 344. The third kappa shape index (κ3) is 2.38. The minimum absolute atomic E-state index is 0.335. The predicted molar refractivity (Wildman–Crippen MR) is 64.5 cm³/mol.